The molecular weight excluding hydrogens is 688 g/mol. The molecule has 2 aromatic rings. The van der Waals surface area contributed by atoms with Gasteiger partial charge in [0.2, 0.25) is 23.6 Å². The van der Waals surface area contributed by atoms with Gasteiger partial charge in [-0.1, -0.05) is 74.5 Å². The molecule has 294 valence electrons. The summed E-state index contributed by atoms with van der Waals surface area (Å²) in [5.41, 5.74) is 13.7. The van der Waals surface area contributed by atoms with Gasteiger partial charge in [0.15, 0.2) is 0 Å². The quantitative estimate of drug-likeness (QED) is 0.0805. The van der Waals surface area contributed by atoms with Crippen molar-refractivity contribution in [1.29, 1.82) is 0 Å². The van der Waals surface area contributed by atoms with Gasteiger partial charge < -0.3 is 43.0 Å². The first-order chi connectivity index (χ1) is 25.9. The number of nitrogens with two attached hydrogens (primary N) is 2. The van der Waals surface area contributed by atoms with Gasteiger partial charge in [0, 0.05) is 31.6 Å². The average Bonchev–Trinajstić information content (AvgIpc) is 3.98. The maximum Gasteiger partial charge on any atom is 0.311 e. The zero-order valence-electron chi connectivity index (χ0n) is 31.6. The summed E-state index contributed by atoms with van der Waals surface area (Å²) in [7, 11) is 0. The monoisotopic (exact) mass is 746 g/mol. The lowest BCUT2D eigenvalue weighted by Gasteiger charge is -2.33. The van der Waals surface area contributed by atoms with Crippen molar-refractivity contribution in [3.8, 4) is 0 Å². The Hall–Kier alpha value is -4.82. The summed E-state index contributed by atoms with van der Waals surface area (Å²) < 4.78 is 0. The van der Waals surface area contributed by atoms with Gasteiger partial charge in [-0.25, -0.2) is 0 Å². The van der Waals surface area contributed by atoms with Gasteiger partial charge in [-0.2, -0.15) is 0 Å². The Kier molecular flexibility index (Phi) is 16.4. The number of hydrogen-bond acceptors (Lipinski definition) is 8. The summed E-state index contributed by atoms with van der Waals surface area (Å²) in [4.78, 5) is 81.1. The zero-order valence-corrected chi connectivity index (χ0v) is 31.6. The number of likely N-dealkylation sites (tertiary alicyclic amines) is 1. The summed E-state index contributed by atoms with van der Waals surface area (Å²) in [6, 6.07) is 14.6. The number of amides is 6. The fourth-order valence-corrected chi connectivity index (χ4v) is 6.45. The predicted octanol–water partition coefficient (Wildman–Crippen LogP) is 0.814. The lowest BCUT2D eigenvalue weighted by Crippen LogP contribution is -2.59. The van der Waals surface area contributed by atoms with Crippen LogP contribution < -0.4 is 38.1 Å². The van der Waals surface area contributed by atoms with Crippen LogP contribution in [0, 0.1) is 5.92 Å². The number of nitrogens with one attached hydrogen (secondary N) is 5. The van der Waals surface area contributed by atoms with Gasteiger partial charge in [0.25, 0.3) is 0 Å². The number of piperidine rings is 1. The third kappa shape index (κ3) is 13.9. The number of hydrogen-bond donors (Lipinski definition) is 7. The summed E-state index contributed by atoms with van der Waals surface area (Å²) >= 11 is 0. The van der Waals surface area contributed by atoms with Gasteiger partial charge in [-0.3, -0.25) is 28.8 Å². The Morgan fingerprint density at radius 2 is 1.20 bits per heavy atom. The van der Waals surface area contributed by atoms with Crippen LogP contribution in [0.2, 0.25) is 0 Å². The summed E-state index contributed by atoms with van der Waals surface area (Å²) in [6.45, 7) is 4.93. The van der Waals surface area contributed by atoms with E-state index in [1.54, 1.807) is 0 Å². The number of rotatable bonds is 19. The van der Waals surface area contributed by atoms with Crippen LogP contribution in [0.5, 0.6) is 0 Å². The van der Waals surface area contributed by atoms with E-state index in [9.17, 15) is 28.8 Å². The molecule has 6 amide bonds. The topological polar surface area (TPSA) is 218 Å². The van der Waals surface area contributed by atoms with Crippen LogP contribution in [0.4, 0.5) is 0 Å². The molecule has 2 aromatic carbocycles. The molecule has 0 unspecified atom stereocenters. The van der Waals surface area contributed by atoms with Crippen molar-refractivity contribution in [2.75, 3.05) is 19.6 Å². The van der Waals surface area contributed by atoms with E-state index >= 15 is 0 Å². The Balaban J connectivity index is 1.40. The molecule has 9 N–H and O–H groups in total. The van der Waals surface area contributed by atoms with Crippen molar-refractivity contribution in [1.82, 2.24) is 31.5 Å². The van der Waals surface area contributed by atoms with Gasteiger partial charge in [0.05, 0.1) is 6.04 Å². The molecular formula is C40H58N8O6. The van der Waals surface area contributed by atoms with Crippen molar-refractivity contribution in [3.05, 3.63) is 71.8 Å². The second kappa shape index (κ2) is 21.2. The molecule has 1 saturated carbocycles. The average molecular weight is 747 g/mol. The van der Waals surface area contributed by atoms with E-state index in [0.717, 1.165) is 24.0 Å². The van der Waals surface area contributed by atoms with Crippen molar-refractivity contribution in [2.24, 2.45) is 17.4 Å². The van der Waals surface area contributed by atoms with Gasteiger partial charge in [-0.15, -0.1) is 0 Å². The second-order valence-electron chi connectivity index (χ2n) is 14.9. The number of unbranched alkanes of at least 4 members (excludes halogenated alkanes) is 1. The molecule has 54 heavy (non-hydrogen) atoms. The van der Waals surface area contributed by atoms with Gasteiger partial charge in [0.1, 0.15) is 18.1 Å². The van der Waals surface area contributed by atoms with Crippen LogP contribution in [-0.4, -0.2) is 96.2 Å². The van der Waals surface area contributed by atoms with E-state index in [1.165, 1.54) is 4.90 Å². The van der Waals surface area contributed by atoms with E-state index in [-0.39, 0.29) is 43.2 Å². The van der Waals surface area contributed by atoms with E-state index in [0.29, 0.717) is 51.7 Å². The SMILES string of the molecule is CC(C)C[C@@H](NC(=O)[C@@H](Cc1ccccc1)NC(=O)[C@H](N)Cc1ccccc1)C(=O)N[C@H](CCCCN)C(=O)NC1CCN(C(=O)C(=O)NC2CC2)CC1. The first kappa shape index (κ1) is 41.9. The van der Waals surface area contributed by atoms with E-state index < -0.39 is 53.7 Å². The van der Waals surface area contributed by atoms with Crippen molar-refractivity contribution in [2.45, 2.75) is 114 Å². The molecule has 1 aliphatic heterocycles. The summed E-state index contributed by atoms with van der Waals surface area (Å²) in [6.07, 6.45) is 5.03. The molecule has 2 aliphatic rings. The van der Waals surface area contributed by atoms with E-state index in [1.807, 2.05) is 74.5 Å². The lowest BCUT2D eigenvalue weighted by atomic mass is 9.99. The molecule has 4 rings (SSSR count). The van der Waals surface area contributed by atoms with Crippen molar-refractivity contribution < 1.29 is 28.8 Å². The highest BCUT2D eigenvalue weighted by atomic mass is 16.2. The Morgan fingerprint density at radius 3 is 1.78 bits per heavy atom. The molecule has 14 heteroatoms. The van der Waals surface area contributed by atoms with Crippen LogP contribution in [0.25, 0.3) is 0 Å². The molecule has 14 nitrogen and oxygen atoms in total. The molecule has 1 heterocycles. The molecule has 0 radical (unpaired) electrons. The Bertz CT molecular complexity index is 1550. The third-order valence-electron chi connectivity index (χ3n) is 9.71. The number of nitrogens with zero attached hydrogens (tertiary/aromatic N) is 1. The smallest absolute Gasteiger partial charge is 0.311 e. The first-order valence-electron chi connectivity index (χ1n) is 19.3. The van der Waals surface area contributed by atoms with Crippen molar-refractivity contribution >= 4 is 35.4 Å². The number of benzene rings is 2. The van der Waals surface area contributed by atoms with Gasteiger partial charge in [-0.05, 0) is 81.4 Å². The predicted molar refractivity (Wildman–Crippen MR) is 205 cm³/mol. The van der Waals surface area contributed by atoms with Crippen LogP contribution in [0.3, 0.4) is 0 Å². The molecule has 1 saturated heterocycles. The standard InChI is InChI=1S/C40H58N8O6/c1-26(2)23-33(47-38(52)34(25-28-13-7-4-8-14-28)46-35(49)31(42)24-27-11-5-3-6-12-27)37(51)45-32(15-9-10-20-41)36(50)43-30-18-21-48(22-19-30)40(54)39(53)44-29-16-17-29/h3-8,11-14,26,29-34H,9-10,15-25,41-42H2,1-2H3,(H,43,50)(H,44,53)(H,45,51)(H,46,49)(H,47,52)/t31-,32-,33-,34-/m1/s1. The minimum absolute atomic E-state index is 0.00581. The largest absolute Gasteiger partial charge is 0.351 e. The third-order valence-corrected chi connectivity index (χ3v) is 9.71. The maximum atomic E-state index is 13.9. The number of carbonyl (C=O) groups excluding carboxylic acids is 6. The zero-order chi connectivity index (χ0) is 39.0. The highest BCUT2D eigenvalue weighted by molar-refractivity contribution is 6.35. The minimum atomic E-state index is -1.02. The minimum Gasteiger partial charge on any atom is -0.351 e. The number of carbonyl (C=O) groups is 6. The summed E-state index contributed by atoms with van der Waals surface area (Å²) in [5.74, 6) is -3.07. The molecule has 0 spiro atoms. The van der Waals surface area contributed by atoms with Gasteiger partial charge >= 0.3 is 11.8 Å². The highest BCUT2D eigenvalue weighted by Gasteiger charge is 2.34. The highest BCUT2D eigenvalue weighted by Crippen LogP contribution is 2.19. The van der Waals surface area contributed by atoms with Crippen molar-refractivity contribution in [3.63, 3.8) is 0 Å². The fraction of sp³-hybridized carbons (Fsp3) is 0.550. The molecule has 0 bridgehead atoms. The normalized spacial score (nSPS) is 16.7. The second-order valence-corrected chi connectivity index (χ2v) is 14.9. The van der Waals surface area contributed by atoms with Crippen LogP contribution in [0.15, 0.2) is 60.7 Å². The maximum absolute atomic E-state index is 13.9. The van der Waals surface area contributed by atoms with Crippen LogP contribution >= 0.6 is 0 Å². The molecule has 4 atom stereocenters. The Morgan fingerprint density at radius 1 is 0.667 bits per heavy atom. The Labute approximate surface area is 318 Å². The van der Waals surface area contributed by atoms with Crippen LogP contribution in [0.1, 0.15) is 76.3 Å². The first-order valence-corrected chi connectivity index (χ1v) is 19.3. The molecule has 1 aliphatic carbocycles. The molecule has 0 aromatic heterocycles. The molecule has 2 fully saturated rings. The van der Waals surface area contributed by atoms with E-state index in [4.69, 9.17) is 11.5 Å². The van der Waals surface area contributed by atoms with E-state index in [2.05, 4.69) is 26.6 Å². The fourth-order valence-electron chi connectivity index (χ4n) is 6.45. The van der Waals surface area contributed by atoms with Crippen LogP contribution in [-0.2, 0) is 41.6 Å². The lowest BCUT2D eigenvalue weighted by molar-refractivity contribution is -0.146. The summed E-state index contributed by atoms with van der Waals surface area (Å²) in [5, 5.41) is 14.3.